The second kappa shape index (κ2) is 6.88. The van der Waals surface area contributed by atoms with E-state index < -0.39 is 17.1 Å². The van der Waals surface area contributed by atoms with Gasteiger partial charge in [0, 0.05) is 5.41 Å². The smallest absolute Gasteiger partial charge is 0.434 e. The van der Waals surface area contributed by atoms with Crippen LogP contribution in [0.4, 0.5) is 4.79 Å². The van der Waals surface area contributed by atoms with Crippen molar-refractivity contribution in [2.24, 2.45) is 5.41 Å². The first-order valence-corrected chi connectivity index (χ1v) is 6.81. The summed E-state index contributed by atoms with van der Waals surface area (Å²) in [4.78, 5) is 23.3. The van der Waals surface area contributed by atoms with Crippen molar-refractivity contribution < 1.29 is 19.5 Å². The molecule has 0 spiro atoms. The third kappa shape index (κ3) is 5.33. The van der Waals surface area contributed by atoms with Crippen molar-refractivity contribution in [3.8, 4) is 0 Å². The molecule has 0 aromatic rings. The number of rotatable bonds is 5. The summed E-state index contributed by atoms with van der Waals surface area (Å²) >= 11 is 0. The number of amides is 1. The zero-order valence-corrected chi connectivity index (χ0v) is 13.6. The van der Waals surface area contributed by atoms with Crippen molar-refractivity contribution in [2.75, 3.05) is 6.54 Å². The van der Waals surface area contributed by atoms with E-state index in [0.29, 0.717) is 11.5 Å². The monoisotopic (exact) mass is 285 g/mol. The lowest BCUT2D eigenvalue weighted by molar-refractivity contribution is -0.124. The molecular weight excluding hydrogens is 258 g/mol. The van der Waals surface area contributed by atoms with Crippen LogP contribution < -0.4 is 0 Å². The average Bonchev–Trinajstić information content (AvgIpc) is 2.31. The van der Waals surface area contributed by atoms with E-state index in [9.17, 15) is 14.8 Å². The van der Waals surface area contributed by atoms with Gasteiger partial charge in [0.25, 0.3) is 0 Å². The van der Waals surface area contributed by atoms with E-state index in [2.05, 4.69) is 0 Å². The van der Waals surface area contributed by atoms with Gasteiger partial charge in [-0.3, -0.25) is 10.0 Å². The molecule has 20 heavy (non-hydrogen) atoms. The van der Waals surface area contributed by atoms with Crippen molar-refractivity contribution in [2.45, 2.75) is 60.5 Å². The number of carbonyl (C=O) groups excluding carboxylic acids is 2. The highest BCUT2D eigenvalue weighted by molar-refractivity contribution is 5.85. The van der Waals surface area contributed by atoms with E-state index in [1.165, 1.54) is 0 Å². The highest BCUT2D eigenvalue weighted by Gasteiger charge is 2.29. The van der Waals surface area contributed by atoms with Crippen LogP contribution in [-0.2, 0) is 9.53 Å². The van der Waals surface area contributed by atoms with E-state index in [1.807, 2.05) is 20.8 Å². The molecule has 1 amide bonds. The molecule has 0 saturated carbocycles. The summed E-state index contributed by atoms with van der Waals surface area (Å²) in [6.07, 6.45) is 1.54. The molecule has 116 valence electrons. The summed E-state index contributed by atoms with van der Waals surface area (Å²) in [5, 5.41) is 10.1. The topological polar surface area (TPSA) is 66.8 Å². The molecule has 0 aliphatic rings. The van der Waals surface area contributed by atoms with Crippen molar-refractivity contribution in [3.05, 3.63) is 11.6 Å². The lowest BCUT2D eigenvalue weighted by Crippen LogP contribution is -2.35. The first-order chi connectivity index (χ1) is 8.94. The van der Waals surface area contributed by atoms with Gasteiger partial charge in [0.2, 0.25) is 0 Å². The maximum absolute atomic E-state index is 11.7. The van der Waals surface area contributed by atoms with Crippen LogP contribution in [0.3, 0.4) is 0 Å². The Kier molecular flexibility index (Phi) is 6.41. The normalized spacial score (nSPS) is 15.5. The van der Waals surface area contributed by atoms with Crippen molar-refractivity contribution in [1.82, 2.24) is 5.06 Å². The second-order valence-electron chi connectivity index (χ2n) is 6.19. The molecule has 1 N–H and O–H groups in total. The highest BCUT2D eigenvalue weighted by Crippen LogP contribution is 2.31. The van der Waals surface area contributed by atoms with Gasteiger partial charge in [-0.25, -0.2) is 4.79 Å². The Morgan fingerprint density at radius 3 is 2.05 bits per heavy atom. The first-order valence-electron chi connectivity index (χ1n) is 6.81. The van der Waals surface area contributed by atoms with Gasteiger partial charge in [0.15, 0.2) is 0 Å². The van der Waals surface area contributed by atoms with E-state index >= 15 is 0 Å². The summed E-state index contributed by atoms with van der Waals surface area (Å²) in [7, 11) is 0. The fraction of sp³-hybridized carbons (Fsp3) is 0.733. The minimum Gasteiger partial charge on any atom is -0.442 e. The largest absolute Gasteiger partial charge is 0.442 e. The lowest BCUT2D eigenvalue weighted by atomic mass is 9.77. The second-order valence-corrected chi connectivity index (χ2v) is 6.19. The summed E-state index contributed by atoms with van der Waals surface area (Å²) in [5.41, 5.74) is -0.391. The predicted octanol–water partition coefficient (Wildman–Crippen LogP) is 3.56. The van der Waals surface area contributed by atoms with Crippen molar-refractivity contribution in [1.29, 1.82) is 0 Å². The summed E-state index contributed by atoms with van der Waals surface area (Å²) in [5.74, 6) is 0.0653. The summed E-state index contributed by atoms with van der Waals surface area (Å²) < 4.78 is 5.03. The predicted molar refractivity (Wildman–Crippen MR) is 77.6 cm³/mol. The van der Waals surface area contributed by atoms with Gasteiger partial charge < -0.3 is 4.74 Å². The Morgan fingerprint density at radius 1 is 1.20 bits per heavy atom. The number of Topliss-reactive ketones (excluding diaryl/α,β-unsaturated/α-hetero) is 1. The Hall–Kier alpha value is -1.36. The number of carbonyl (C=O) groups is 2. The maximum Gasteiger partial charge on any atom is 0.434 e. The van der Waals surface area contributed by atoms with Gasteiger partial charge >= 0.3 is 6.09 Å². The molecule has 0 rings (SSSR count). The van der Waals surface area contributed by atoms with Crippen LogP contribution >= 0.6 is 0 Å². The molecule has 5 heteroatoms. The molecule has 0 aromatic heterocycles. The number of ketones is 1. The van der Waals surface area contributed by atoms with Crippen LogP contribution in [0, 0.1) is 5.41 Å². The maximum atomic E-state index is 11.7. The van der Waals surface area contributed by atoms with Crippen LogP contribution in [0.25, 0.3) is 0 Å². The van der Waals surface area contributed by atoms with Crippen LogP contribution in [-0.4, -0.2) is 34.3 Å². The van der Waals surface area contributed by atoms with Gasteiger partial charge in [0.1, 0.15) is 11.4 Å². The Balaban J connectivity index is 4.78. The minimum atomic E-state index is -0.803. The summed E-state index contributed by atoms with van der Waals surface area (Å²) in [6.45, 7) is 12.3. The van der Waals surface area contributed by atoms with Crippen LogP contribution in [0.15, 0.2) is 11.6 Å². The van der Waals surface area contributed by atoms with Crippen molar-refractivity contribution in [3.63, 3.8) is 0 Å². The average molecular weight is 285 g/mol. The molecule has 0 bridgehead atoms. The molecule has 0 radical (unpaired) electrons. The number of hydroxylamine groups is 2. The van der Waals surface area contributed by atoms with E-state index in [0.717, 1.165) is 5.57 Å². The number of ether oxygens (including phenoxy) is 1. The molecule has 0 fully saturated rings. The fourth-order valence-corrected chi connectivity index (χ4v) is 1.64. The standard InChI is InChI=1S/C15H27NO4/c1-8-15(7,12(3)17)11(2)9-10-16(19)13(18)20-14(4,5)6/h9,19H,8,10H2,1-7H3/b11-9+/t15-/m0/s1. The van der Waals surface area contributed by atoms with Gasteiger partial charge in [0.05, 0.1) is 6.54 Å². The van der Waals surface area contributed by atoms with E-state index in [-0.39, 0.29) is 12.3 Å². The molecule has 0 aromatic carbocycles. The van der Waals surface area contributed by atoms with Crippen molar-refractivity contribution >= 4 is 11.9 Å². The molecule has 0 saturated heterocycles. The lowest BCUT2D eigenvalue weighted by Gasteiger charge is -2.27. The molecule has 0 unspecified atom stereocenters. The molecule has 5 nitrogen and oxygen atoms in total. The fourth-order valence-electron chi connectivity index (χ4n) is 1.64. The SMILES string of the molecule is CC[C@](C)(C(C)=O)/C(C)=C/CN(O)C(=O)OC(C)(C)C. The molecule has 1 atom stereocenters. The number of allylic oxidation sites excluding steroid dienone is 1. The van der Waals surface area contributed by atoms with E-state index in [4.69, 9.17) is 4.74 Å². The van der Waals surface area contributed by atoms with Gasteiger partial charge in [-0.1, -0.05) is 18.6 Å². The van der Waals surface area contributed by atoms with Gasteiger partial charge in [-0.05, 0) is 48.0 Å². The number of hydrogen-bond donors (Lipinski definition) is 1. The Morgan fingerprint density at radius 2 is 1.70 bits per heavy atom. The minimum absolute atomic E-state index is 0.0103. The highest BCUT2D eigenvalue weighted by atomic mass is 16.6. The molecular formula is C15H27NO4. The number of hydrogen-bond acceptors (Lipinski definition) is 4. The van der Waals surface area contributed by atoms with Gasteiger partial charge in [-0.2, -0.15) is 5.06 Å². The third-order valence-electron chi connectivity index (χ3n) is 3.53. The Labute approximate surface area is 121 Å². The quantitative estimate of drug-likeness (QED) is 0.476. The molecule has 0 heterocycles. The molecule has 0 aliphatic heterocycles. The van der Waals surface area contributed by atoms with E-state index in [1.54, 1.807) is 33.8 Å². The van der Waals surface area contributed by atoms with Crippen LogP contribution in [0.2, 0.25) is 0 Å². The van der Waals surface area contributed by atoms with Crippen LogP contribution in [0.5, 0.6) is 0 Å². The zero-order chi connectivity index (χ0) is 16.1. The number of nitrogens with zero attached hydrogens (tertiary/aromatic N) is 1. The third-order valence-corrected chi connectivity index (χ3v) is 3.53. The van der Waals surface area contributed by atoms with Crippen LogP contribution in [0.1, 0.15) is 54.9 Å². The summed E-state index contributed by atoms with van der Waals surface area (Å²) in [6, 6.07) is 0. The Bertz CT molecular complexity index is 395. The zero-order valence-electron chi connectivity index (χ0n) is 13.6. The van der Waals surface area contributed by atoms with Gasteiger partial charge in [-0.15, -0.1) is 0 Å². The molecule has 0 aliphatic carbocycles. The first kappa shape index (κ1) is 18.6.